The maximum absolute atomic E-state index is 13.7. The van der Waals surface area contributed by atoms with Gasteiger partial charge in [0.1, 0.15) is 11.6 Å². The number of carbonyl (C=O) groups is 1. The van der Waals surface area contributed by atoms with E-state index in [1.165, 1.54) is 32.2 Å². The molecule has 4 heteroatoms. The summed E-state index contributed by atoms with van der Waals surface area (Å²) in [7, 11) is 1.44. The third kappa shape index (κ3) is 2.84. The molecule has 0 aliphatic heterocycles. The highest BCUT2D eigenvalue weighted by Gasteiger charge is 2.30. The zero-order valence-corrected chi connectivity index (χ0v) is 9.87. The molecule has 3 nitrogen and oxygen atoms in total. The Morgan fingerprint density at radius 2 is 2.29 bits per heavy atom. The topological polar surface area (TPSA) is 46.5 Å². The zero-order chi connectivity index (χ0) is 13.1. The monoisotopic (exact) mass is 238 g/mol. The van der Waals surface area contributed by atoms with Gasteiger partial charge in [-0.1, -0.05) is 12.1 Å². The summed E-state index contributed by atoms with van der Waals surface area (Å²) in [5.74, 6) is -1.09. The van der Waals surface area contributed by atoms with E-state index in [9.17, 15) is 9.18 Å². The van der Waals surface area contributed by atoms with Gasteiger partial charge in [0, 0.05) is 6.07 Å². The number of halogens is 1. The number of benzene rings is 1. The van der Waals surface area contributed by atoms with Crippen molar-refractivity contribution in [2.75, 3.05) is 7.11 Å². The molecule has 0 aliphatic rings. The predicted molar refractivity (Wildman–Crippen MR) is 62.6 cm³/mol. The van der Waals surface area contributed by atoms with Crippen LogP contribution in [0.25, 0.3) is 0 Å². The van der Waals surface area contributed by atoms with Crippen molar-refractivity contribution in [3.63, 3.8) is 0 Å². The van der Waals surface area contributed by atoms with Crippen LogP contribution in [0.3, 0.4) is 0 Å². The fourth-order valence-corrected chi connectivity index (χ4v) is 1.43. The van der Waals surface area contributed by atoms with Gasteiger partial charge < -0.3 is 9.84 Å². The maximum Gasteiger partial charge on any atom is 0.313 e. The lowest BCUT2D eigenvalue weighted by Gasteiger charge is -2.20. The quantitative estimate of drug-likeness (QED) is 0.802. The molecule has 92 valence electrons. The fourth-order valence-electron chi connectivity index (χ4n) is 1.43. The van der Waals surface area contributed by atoms with E-state index < -0.39 is 17.2 Å². The summed E-state index contributed by atoms with van der Waals surface area (Å²) in [5, 5.41) is 9.07. The molecule has 0 radical (unpaired) electrons. The first-order valence-corrected chi connectivity index (χ1v) is 5.12. The van der Waals surface area contributed by atoms with Gasteiger partial charge in [-0.25, -0.2) is 4.39 Å². The average molecular weight is 238 g/mol. The standard InChI is InChI=1S/C13H15FO3/c1-4-13(2,12(15)16)8-9-5-6-10(17-3)7-11(9)14/h4-7H,1,8H2,2-3H3,(H,15,16). The van der Waals surface area contributed by atoms with Gasteiger partial charge in [0.25, 0.3) is 0 Å². The molecule has 1 atom stereocenters. The van der Waals surface area contributed by atoms with Crippen molar-refractivity contribution in [1.29, 1.82) is 0 Å². The number of hydrogen-bond acceptors (Lipinski definition) is 2. The van der Waals surface area contributed by atoms with Crippen LogP contribution in [0.2, 0.25) is 0 Å². The van der Waals surface area contributed by atoms with E-state index in [4.69, 9.17) is 9.84 Å². The normalized spacial score (nSPS) is 13.8. The average Bonchev–Trinajstić information content (AvgIpc) is 2.31. The highest BCUT2D eigenvalue weighted by molar-refractivity contribution is 5.76. The first-order chi connectivity index (χ1) is 7.92. The lowest BCUT2D eigenvalue weighted by atomic mass is 9.84. The van der Waals surface area contributed by atoms with Crippen LogP contribution < -0.4 is 4.74 Å². The van der Waals surface area contributed by atoms with E-state index in [2.05, 4.69) is 6.58 Å². The minimum absolute atomic E-state index is 0.0572. The van der Waals surface area contributed by atoms with Crippen molar-refractivity contribution in [1.82, 2.24) is 0 Å². The van der Waals surface area contributed by atoms with Gasteiger partial charge in [-0.15, -0.1) is 6.58 Å². The molecule has 0 fully saturated rings. The molecule has 1 aromatic carbocycles. The SMILES string of the molecule is C=CC(C)(Cc1ccc(OC)cc1F)C(=O)O. The summed E-state index contributed by atoms with van der Waals surface area (Å²) in [6.07, 6.45) is 1.38. The molecule has 0 aromatic heterocycles. The number of carboxylic acids is 1. The van der Waals surface area contributed by atoms with Crippen LogP contribution in [0.5, 0.6) is 5.75 Å². The van der Waals surface area contributed by atoms with Gasteiger partial charge in [0.2, 0.25) is 0 Å². The molecule has 0 bridgehead atoms. The molecule has 0 spiro atoms. The highest BCUT2D eigenvalue weighted by Crippen LogP contribution is 2.27. The minimum Gasteiger partial charge on any atom is -0.497 e. The first-order valence-electron chi connectivity index (χ1n) is 5.12. The van der Waals surface area contributed by atoms with Gasteiger partial charge in [-0.3, -0.25) is 4.79 Å². The summed E-state index contributed by atoms with van der Waals surface area (Å²) in [6.45, 7) is 4.99. The molecule has 0 aliphatic carbocycles. The molecule has 1 aromatic rings. The number of methoxy groups -OCH3 is 1. The van der Waals surface area contributed by atoms with Crippen molar-refractivity contribution in [2.45, 2.75) is 13.3 Å². The molecule has 17 heavy (non-hydrogen) atoms. The Morgan fingerprint density at radius 1 is 1.65 bits per heavy atom. The Morgan fingerprint density at radius 3 is 2.71 bits per heavy atom. The largest absolute Gasteiger partial charge is 0.497 e. The van der Waals surface area contributed by atoms with Crippen molar-refractivity contribution in [2.24, 2.45) is 5.41 Å². The number of hydrogen-bond donors (Lipinski definition) is 1. The predicted octanol–water partition coefficient (Wildman–Crippen LogP) is 2.65. The molecule has 1 unspecified atom stereocenters. The summed E-state index contributed by atoms with van der Waals surface area (Å²) in [5.41, 5.74) is -0.842. The van der Waals surface area contributed by atoms with E-state index in [0.29, 0.717) is 11.3 Å². The molecule has 0 saturated carbocycles. The number of ether oxygens (including phenoxy) is 1. The second kappa shape index (κ2) is 4.99. The smallest absolute Gasteiger partial charge is 0.313 e. The second-order valence-electron chi connectivity index (χ2n) is 4.06. The van der Waals surface area contributed by atoms with Crippen molar-refractivity contribution in [3.8, 4) is 5.75 Å². The Hall–Kier alpha value is -1.84. The number of carboxylic acid groups (broad SMARTS) is 1. The van der Waals surface area contributed by atoms with E-state index in [-0.39, 0.29) is 6.42 Å². The lowest BCUT2D eigenvalue weighted by Crippen LogP contribution is -2.27. The maximum atomic E-state index is 13.7. The van der Waals surface area contributed by atoms with Gasteiger partial charge in [0.05, 0.1) is 12.5 Å². The molecule has 0 heterocycles. The van der Waals surface area contributed by atoms with Gasteiger partial charge in [-0.05, 0) is 25.0 Å². The first kappa shape index (κ1) is 13.2. The number of aliphatic carboxylic acids is 1. The fraction of sp³-hybridized carbons (Fsp3) is 0.308. The third-order valence-corrected chi connectivity index (χ3v) is 2.76. The molecule has 0 amide bonds. The lowest BCUT2D eigenvalue weighted by molar-refractivity contribution is -0.145. The zero-order valence-electron chi connectivity index (χ0n) is 9.87. The van der Waals surface area contributed by atoms with E-state index >= 15 is 0 Å². The molecule has 0 saturated heterocycles. The van der Waals surface area contributed by atoms with Crippen molar-refractivity contribution < 1.29 is 19.0 Å². The highest BCUT2D eigenvalue weighted by atomic mass is 19.1. The van der Waals surface area contributed by atoms with Crippen LogP contribution in [-0.4, -0.2) is 18.2 Å². The molecular weight excluding hydrogens is 223 g/mol. The van der Waals surface area contributed by atoms with Crippen molar-refractivity contribution >= 4 is 5.97 Å². The van der Waals surface area contributed by atoms with Crippen molar-refractivity contribution in [3.05, 3.63) is 42.2 Å². The van der Waals surface area contributed by atoms with Crippen LogP contribution in [-0.2, 0) is 11.2 Å². The van der Waals surface area contributed by atoms with Gasteiger partial charge >= 0.3 is 5.97 Å². The third-order valence-electron chi connectivity index (χ3n) is 2.76. The summed E-state index contributed by atoms with van der Waals surface area (Å²) in [4.78, 5) is 11.1. The van der Waals surface area contributed by atoms with Gasteiger partial charge in [-0.2, -0.15) is 0 Å². The molecule has 1 rings (SSSR count). The van der Waals surface area contributed by atoms with Crippen LogP contribution in [0, 0.1) is 11.2 Å². The van der Waals surface area contributed by atoms with Crippen LogP contribution >= 0.6 is 0 Å². The van der Waals surface area contributed by atoms with E-state index in [1.807, 2.05) is 0 Å². The number of rotatable bonds is 5. The Balaban J connectivity index is 3.02. The second-order valence-corrected chi connectivity index (χ2v) is 4.06. The molecular formula is C13H15FO3. The van der Waals surface area contributed by atoms with Crippen LogP contribution in [0.1, 0.15) is 12.5 Å². The summed E-state index contributed by atoms with van der Waals surface area (Å²) < 4.78 is 18.5. The molecule has 1 N–H and O–H groups in total. The van der Waals surface area contributed by atoms with Crippen LogP contribution in [0.15, 0.2) is 30.9 Å². The van der Waals surface area contributed by atoms with E-state index in [0.717, 1.165) is 0 Å². The summed E-state index contributed by atoms with van der Waals surface area (Å²) in [6, 6.07) is 4.36. The summed E-state index contributed by atoms with van der Waals surface area (Å²) >= 11 is 0. The van der Waals surface area contributed by atoms with E-state index in [1.54, 1.807) is 6.07 Å². The Labute approximate surface area is 99.5 Å². The minimum atomic E-state index is -1.17. The van der Waals surface area contributed by atoms with Gasteiger partial charge in [0.15, 0.2) is 0 Å². The Kier molecular flexibility index (Phi) is 3.89. The Bertz CT molecular complexity index is 442. The van der Waals surface area contributed by atoms with Crippen LogP contribution in [0.4, 0.5) is 4.39 Å².